The molecule has 20 heavy (non-hydrogen) atoms. The Bertz CT molecular complexity index is 302. The fraction of sp³-hybridized carbons (Fsp3) is 1.00. The number of hydrogen-bond acceptors (Lipinski definition) is 3. The maximum Gasteiger partial charge on any atom is 0.0344 e. The van der Waals surface area contributed by atoms with E-state index in [0.29, 0.717) is 5.41 Å². The third kappa shape index (κ3) is 3.55. The highest BCUT2D eigenvalue weighted by Gasteiger charge is 2.39. The van der Waals surface area contributed by atoms with Gasteiger partial charge in [0.1, 0.15) is 0 Å². The Morgan fingerprint density at radius 1 is 1.05 bits per heavy atom. The summed E-state index contributed by atoms with van der Waals surface area (Å²) in [7, 11) is 2.25. The summed E-state index contributed by atoms with van der Waals surface area (Å²) in [5, 5.41) is 0. The zero-order chi connectivity index (χ0) is 14.8. The van der Waals surface area contributed by atoms with Crippen LogP contribution in [0.4, 0.5) is 0 Å². The molecule has 2 aliphatic heterocycles. The lowest BCUT2D eigenvalue weighted by atomic mass is 9.74. The van der Waals surface area contributed by atoms with E-state index in [2.05, 4.69) is 37.6 Å². The molecule has 0 bridgehead atoms. The first-order chi connectivity index (χ1) is 9.37. The molecule has 3 nitrogen and oxygen atoms in total. The van der Waals surface area contributed by atoms with Gasteiger partial charge in [0.15, 0.2) is 0 Å². The van der Waals surface area contributed by atoms with Crippen molar-refractivity contribution in [3.8, 4) is 0 Å². The van der Waals surface area contributed by atoms with Crippen molar-refractivity contribution in [1.82, 2.24) is 9.80 Å². The molecule has 2 N–H and O–H groups in total. The van der Waals surface area contributed by atoms with Crippen molar-refractivity contribution in [2.24, 2.45) is 17.1 Å². The van der Waals surface area contributed by atoms with Gasteiger partial charge in [0.2, 0.25) is 0 Å². The zero-order valence-electron chi connectivity index (χ0n) is 14.1. The SMILES string of the molecule is CN1CCCC(CN)(N2CCC(C(C)(C)C)CC2)CC1. The summed E-state index contributed by atoms with van der Waals surface area (Å²) in [4.78, 5) is 5.22. The van der Waals surface area contributed by atoms with Crippen LogP contribution in [0.15, 0.2) is 0 Å². The van der Waals surface area contributed by atoms with Crippen LogP contribution in [0.2, 0.25) is 0 Å². The van der Waals surface area contributed by atoms with Gasteiger partial charge in [-0.1, -0.05) is 20.8 Å². The van der Waals surface area contributed by atoms with E-state index in [1.54, 1.807) is 0 Å². The average Bonchev–Trinajstić information content (AvgIpc) is 2.61. The highest BCUT2D eigenvalue weighted by Crippen LogP contribution is 2.38. The first-order valence-corrected chi connectivity index (χ1v) is 8.51. The topological polar surface area (TPSA) is 32.5 Å². The van der Waals surface area contributed by atoms with E-state index in [9.17, 15) is 0 Å². The zero-order valence-corrected chi connectivity index (χ0v) is 14.1. The Hall–Kier alpha value is -0.120. The summed E-state index contributed by atoms with van der Waals surface area (Å²) in [5.41, 5.74) is 6.99. The Labute approximate surface area is 125 Å². The molecule has 3 heteroatoms. The maximum absolute atomic E-state index is 6.24. The van der Waals surface area contributed by atoms with E-state index in [4.69, 9.17) is 5.73 Å². The predicted molar refractivity (Wildman–Crippen MR) is 86.9 cm³/mol. The second kappa shape index (κ2) is 6.33. The van der Waals surface area contributed by atoms with Crippen molar-refractivity contribution in [2.75, 3.05) is 39.8 Å². The smallest absolute Gasteiger partial charge is 0.0344 e. The molecule has 2 aliphatic rings. The molecule has 0 spiro atoms. The number of piperidine rings is 1. The summed E-state index contributed by atoms with van der Waals surface area (Å²) >= 11 is 0. The quantitative estimate of drug-likeness (QED) is 0.844. The van der Waals surface area contributed by atoms with Crippen molar-refractivity contribution < 1.29 is 0 Å². The molecule has 0 aromatic rings. The second-order valence-electron chi connectivity index (χ2n) is 8.21. The highest BCUT2D eigenvalue weighted by atomic mass is 15.2. The first-order valence-electron chi connectivity index (χ1n) is 8.51. The summed E-state index contributed by atoms with van der Waals surface area (Å²) < 4.78 is 0. The first kappa shape index (κ1) is 16.3. The van der Waals surface area contributed by atoms with Crippen molar-refractivity contribution in [3.63, 3.8) is 0 Å². The Morgan fingerprint density at radius 3 is 2.25 bits per heavy atom. The molecule has 2 heterocycles. The molecule has 0 aliphatic carbocycles. The summed E-state index contributed by atoms with van der Waals surface area (Å²) in [5.74, 6) is 0.877. The van der Waals surface area contributed by atoms with Gasteiger partial charge in [0.05, 0.1) is 0 Å². The molecule has 1 atom stereocenters. The van der Waals surface area contributed by atoms with Crippen molar-refractivity contribution in [1.29, 1.82) is 0 Å². The number of nitrogens with zero attached hydrogens (tertiary/aromatic N) is 2. The number of nitrogens with two attached hydrogens (primary N) is 1. The van der Waals surface area contributed by atoms with E-state index < -0.39 is 0 Å². The molecule has 2 saturated heterocycles. The van der Waals surface area contributed by atoms with Gasteiger partial charge in [0.25, 0.3) is 0 Å². The highest BCUT2D eigenvalue weighted by molar-refractivity contribution is 4.96. The van der Waals surface area contributed by atoms with Crippen LogP contribution in [0.25, 0.3) is 0 Å². The van der Waals surface area contributed by atoms with Gasteiger partial charge >= 0.3 is 0 Å². The van der Waals surface area contributed by atoms with Crippen LogP contribution < -0.4 is 5.73 Å². The van der Waals surface area contributed by atoms with Crippen LogP contribution in [-0.4, -0.2) is 55.1 Å². The van der Waals surface area contributed by atoms with Crippen molar-refractivity contribution in [3.05, 3.63) is 0 Å². The van der Waals surface area contributed by atoms with Gasteiger partial charge in [-0.3, -0.25) is 4.90 Å². The van der Waals surface area contributed by atoms with Crippen LogP contribution in [0.5, 0.6) is 0 Å². The molecule has 1 unspecified atom stereocenters. The monoisotopic (exact) mass is 281 g/mol. The third-order valence-electron chi connectivity index (χ3n) is 5.91. The lowest BCUT2D eigenvalue weighted by molar-refractivity contribution is 0.0211. The number of rotatable bonds is 2. The van der Waals surface area contributed by atoms with Crippen LogP contribution in [0.3, 0.4) is 0 Å². The third-order valence-corrected chi connectivity index (χ3v) is 5.91. The van der Waals surface area contributed by atoms with Crippen LogP contribution in [0.1, 0.15) is 52.9 Å². The lowest BCUT2D eigenvalue weighted by Crippen LogP contribution is -2.57. The van der Waals surface area contributed by atoms with E-state index in [0.717, 1.165) is 12.5 Å². The molecule has 0 radical (unpaired) electrons. The fourth-order valence-electron chi connectivity index (χ4n) is 4.18. The fourth-order valence-corrected chi connectivity index (χ4v) is 4.18. The molecule has 2 fully saturated rings. The Balaban J connectivity index is 1.99. The minimum absolute atomic E-state index is 0.285. The van der Waals surface area contributed by atoms with Crippen LogP contribution in [-0.2, 0) is 0 Å². The maximum atomic E-state index is 6.24. The summed E-state index contributed by atoms with van der Waals surface area (Å²) in [6, 6.07) is 0. The molecule has 2 rings (SSSR count). The van der Waals surface area contributed by atoms with Gasteiger partial charge in [-0.15, -0.1) is 0 Å². The van der Waals surface area contributed by atoms with Gasteiger partial charge in [-0.05, 0) is 76.7 Å². The molecular formula is C17H35N3. The van der Waals surface area contributed by atoms with Crippen molar-refractivity contribution in [2.45, 2.75) is 58.4 Å². The van der Waals surface area contributed by atoms with Crippen LogP contribution in [0, 0.1) is 11.3 Å². The molecule has 0 saturated carbocycles. The normalized spacial score (nSPS) is 32.2. The number of likely N-dealkylation sites (tertiary alicyclic amines) is 2. The van der Waals surface area contributed by atoms with Crippen LogP contribution >= 0.6 is 0 Å². The molecule has 118 valence electrons. The molecule has 0 aromatic carbocycles. The molecular weight excluding hydrogens is 246 g/mol. The number of hydrogen-bond donors (Lipinski definition) is 1. The van der Waals surface area contributed by atoms with Gasteiger partial charge in [0, 0.05) is 12.1 Å². The average molecular weight is 281 g/mol. The van der Waals surface area contributed by atoms with Gasteiger partial charge in [-0.25, -0.2) is 0 Å². The van der Waals surface area contributed by atoms with Gasteiger partial charge < -0.3 is 10.6 Å². The minimum Gasteiger partial charge on any atom is -0.329 e. The standard InChI is InChI=1S/C17H35N3/c1-16(2,3)15-6-11-20(12-7-15)17(14-18)8-5-10-19(4)13-9-17/h15H,5-14,18H2,1-4H3. The van der Waals surface area contributed by atoms with E-state index in [1.165, 1.54) is 58.3 Å². The molecule has 0 amide bonds. The molecule has 0 aromatic heterocycles. The lowest BCUT2D eigenvalue weighted by Gasteiger charge is -2.48. The van der Waals surface area contributed by atoms with Gasteiger partial charge in [-0.2, -0.15) is 0 Å². The Kier molecular flexibility index (Phi) is 5.14. The second-order valence-corrected chi connectivity index (χ2v) is 8.21. The minimum atomic E-state index is 0.285. The summed E-state index contributed by atoms with van der Waals surface area (Å²) in [6.45, 7) is 13.0. The largest absolute Gasteiger partial charge is 0.329 e. The summed E-state index contributed by atoms with van der Waals surface area (Å²) in [6.07, 6.45) is 6.53. The van der Waals surface area contributed by atoms with Crippen molar-refractivity contribution >= 4 is 0 Å². The van der Waals surface area contributed by atoms with E-state index >= 15 is 0 Å². The Morgan fingerprint density at radius 2 is 1.70 bits per heavy atom. The van der Waals surface area contributed by atoms with E-state index in [-0.39, 0.29) is 5.54 Å². The van der Waals surface area contributed by atoms with E-state index in [1.807, 2.05) is 0 Å². The predicted octanol–water partition coefficient (Wildman–Crippen LogP) is 2.56.